The highest BCUT2D eigenvalue weighted by Crippen LogP contribution is 2.18. The maximum absolute atomic E-state index is 13.1. The first-order valence-electron chi connectivity index (χ1n) is 10.6. The zero-order chi connectivity index (χ0) is 24.1. The van der Waals surface area contributed by atoms with Gasteiger partial charge in [-0.2, -0.15) is 4.31 Å². The van der Waals surface area contributed by atoms with Crippen molar-refractivity contribution in [1.29, 1.82) is 0 Å². The van der Waals surface area contributed by atoms with Gasteiger partial charge >= 0.3 is 0 Å². The lowest BCUT2D eigenvalue weighted by Crippen LogP contribution is -2.40. The van der Waals surface area contributed by atoms with E-state index in [1.54, 1.807) is 12.1 Å². The second kappa shape index (κ2) is 10.2. The van der Waals surface area contributed by atoms with Crippen LogP contribution in [0.3, 0.4) is 0 Å². The van der Waals surface area contributed by atoms with Gasteiger partial charge in [-0.15, -0.1) is 0 Å². The number of rotatable bonds is 7. The fourth-order valence-electron chi connectivity index (χ4n) is 3.48. The van der Waals surface area contributed by atoms with Crippen molar-refractivity contribution in [3.63, 3.8) is 0 Å². The molecule has 1 aromatic heterocycles. The lowest BCUT2D eigenvalue weighted by atomic mass is 10.1. The number of halogens is 1. The molecule has 2 heterocycles. The van der Waals surface area contributed by atoms with Crippen molar-refractivity contribution in [2.45, 2.75) is 11.4 Å². The van der Waals surface area contributed by atoms with E-state index in [2.05, 4.69) is 10.3 Å². The maximum Gasteiger partial charge on any atom is 0.253 e. The summed E-state index contributed by atoms with van der Waals surface area (Å²) in [6.45, 7) is 1.67. The minimum atomic E-state index is -3.63. The number of aromatic nitrogens is 2. The van der Waals surface area contributed by atoms with Gasteiger partial charge in [-0.1, -0.05) is 0 Å². The summed E-state index contributed by atoms with van der Waals surface area (Å²) in [6.07, 6.45) is 1.37. The molecule has 0 unspecified atom stereocenters. The summed E-state index contributed by atoms with van der Waals surface area (Å²) < 4.78 is 46.3. The fourth-order valence-corrected chi connectivity index (χ4v) is 4.89. The van der Waals surface area contributed by atoms with Gasteiger partial charge in [0.25, 0.3) is 11.5 Å². The number of benzene rings is 2. The van der Waals surface area contributed by atoms with Gasteiger partial charge in [0.2, 0.25) is 10.0 Å². The summed E-state index contributed by atoms with van der Waals surface area (Å²) in [5, 5.41) is 2.70. The highest BCUT2D eigenvalue weighted by atomic mass is 32.2. The topological polar surface area (TPSA) is 111 Å². The zero-order valence-corrected chi connectivity index (χ0v) is 19.0. The molecule has 2 aromatic carbocycles. The summed E-state index contributed by atoms with van der Waals surface area (Å²) in [5.41, 5.74) is 1.05. The Hall–Kier alpha value is -3.41. The molecule has 4 rings (SSSR count). The van der Waals surface area contributed by atoms with E-state index in [-0.39, 0.29) is 35.3 Å². The van der Waals surface area contributed by atoms with Crippen LogP contribution in [0.25, 0.3) is 11.3 Å². The van der Waals surface area contributed by atoms with Crippen molar-refractivity contribution >= 4 is 15.9 Å². The van der Waals surface area contributed by atoms with E-state index >= 15 is 0 Å². The highest BCUT2D eigenvalue weighted by Gasteiger charge is 2.26. The van der Waals surface area contributed by atoms with Crippen LogP contribution in [0.2, 0.25) is 0 Å². The molecule has 0 saturated carbocycles. The van der Waals surface area contributed by atoms with E-state index in [0.717, 1.165) is 0 Å². The second-order valence-electron chi connectivity index (χ2n) is 7.61. The third-order valence-corrected chi connectivity index (χ3v) is 7.29. The third kappa shape index (κ3) is 5.38. The molecular formula is C23H23FN4O5S. The number of carbonyl (C=O) groups excluding carboxylic acids is 1. The van der Waals surface area contributed by atoms with Crippen molar-refractivity contribution < 1.29 is 22.3 Å². The number of hydrogen-bond acceptors (Lipinski definition) is 6. The monoisotopic (exact) mass is 486 g/mol. The minimum absolute atomic E-state index is 0.116. The lowest BCUT2D eigenvalue weighted by Gasteiger charge is -2.26. The summed E-state index contributed by atoms with van der Waals surface area (Å²) in [5.74, 6) is -0.763. The Morgan fingerprint density at radius 2 is 1.74 bits per heavy atom. The van der Waals surface area contributed by atoms with Crippen molar-refractivity contribution in [2.75, 3.05) is 32.8 Å². The standard InChI is InChI=1S/C23H23FN4O5S/c24-19-5-1-17(2-6-19)21-15-22(29)27(16-26-21)10-9-25-23(30)18-3-7-20(8-4-18)34(31,32)28-11-13-33-14-12-28/h1-8,15-16H,9-14H2,(H,25,30). The third-order valence-electron chi connectivity index (χ3n) is 5.38. The van der Waals surface area contributed by atoms with Gasteiger partial charge < -0.3 is 10.1 Å². The van der Waals surface area contributed by atoms with E-state index in [1.807, 2.05) is 0 Å². The summed E-state index contributed by atoms with van der Waals surface area (Å²) >= 11 is 0. The smallest absolute Gasteiger partial charge is 0.253 e. The molecule has 1 amide bonds. The Balaban J connectivity index is 1.34. The molecule has 1 fully saturated rings. The predicted octanol–water partition coefficient (Wildman–Crippen LogP) is 1.50. The number of hydrogen-bond donors (Lipinski definition) is 1. The van der Waals surface area contributed by atoms with Crippen LogP contribution >= 0.6 is 0 Å². The Labute approximate surface area is 195 Å². The van der Waals surface area contributed by atoms with Crippen LogP contribution in [0.1, 0.15) is 10.4 Å². The van der Waals surface area contributed by atoms with Gasteiger partial charge in [-0.3, -0.25) is 14.2 Å². The number of carbonyl (C=O) groups is 1. The number of morpholine rings is 1. The summed E-state index contributed by atoms with van der Waals surface area (Å²) in [7, 11) is -3.63. The SMILES string of the molecule is O=C(NCCn1cnc(-c2ccc(F)cc2)cc1=O)c1ccc(S(=O)(=O)N2CCOCC2)cc1. The van der Waals surface area contributed by atoms with Crippen LogP contribution in [0, 0.1) is 5.82 Å². The summed E-state index contributed by atoms with van der Waals surface area (Å²) in [4.78, 5) is 29.1. The molecular weight excluding hydrogens is 463 g/mol. The first-order chi connectivity index (χ1) is 16.3. The molecule has 1 aliphatic rings. The molecule has 9 nitrogen and oxygen atoms in total. The van der Waals surface area contributed by atoms with Gasteiger partial charge in [-0.25, -0.2) is 17.8 Å². The first kappa shape index (κ1) is 23.7. The van der Waals surface area contributed by atoms with Gasteiger partial charge in [0.05, 0.1) is 30.1 Å². The lowest BCUT2D eigenvalue weighted by molar-refractivity contribution is 0.0730. The molecule has 1 N–H and O–H groups in total. The molecule has 34 heavy (non-hydrogen) atoms. The Morgan fingerprint density at radius 1 is 1.06 bits per heavy atom. The Bertz CT molecular complexity index is 1320. The van der Waals surface area contributed by atoms with Gasteiger partial charge in [0.15, 0.2) is 0 Å². The van der Waals surface area contributed by atoms with Crippen LogP contribution < -0.4 is 10.9 Å². The van der Waals surface area contributed by atoms with Crippen LogP contribution in [0.5, 0.6) is 0 Å². The second-order valence-corrected chi connectivity index (χ2v) is 9.55. The number of nitrogens with one attached hydrogen (secondary N) is 1. The number of sulfonamides is 1. The molecule has 0 atom stereocenters. The average Bonchev–Trinajstić information content (AvgIpc) is 2.86. The highest BCUT2D eigenvalue weighted by molar-refractivity contribution is 7.89. The molecule has 178 valence electrons. The van der Waals surface area contributed by atoms with E-state index in [4.69, 9.17) is 4.74 Å². The molecule has 3 aromatic rings. The largest absolute Gasteiger partial charge is 0.379 e. The minimum Gasteiger partial charge on any atom is -0.379 e. The number of ether oxygens (including phenoxy) is 1. The first-order valence-corrected chi connectivity index (χ1v) is 12.1. The quantitative estimate of drug-likeness (QED) is 0.542. The van der Waals surface area contributed by atoms with Gasteiger partial charge in [0.1, 0.15) is 5.82 Å². The zero-order valence-electron chi connectivity index (χ0n) is 18.2. The number of nitrogens with zero attached hydrogens (tertiary/aromatic N) is 3. The van der Waals surface area contributed by atoms with Crippen LogP contribution in [0.15, 0.2) is 70.6 Å². The van der Waals surface area contributed by atoms with E-state index in [9.17, 15) is 22.4 Å². The predicted molar refractivity (Wildman–Crippen MR) is 122 cm³/mol. The van der Waals surface area contributed by atoms with E-state index < -0.39 is 10.0 Å². The van der Waals surface area contributed by atoms with Crippen LogP contribution in [0.4, 0.5) is 4.39 Å². The van der Waals surface area contributed by atoms with Gasteiger partial charge in [0, 0.05) is 43.4 Å². The molecule has 1 saturated heterocycles. The Morgan fingerprint density at radius 3 is 2.38 bits per heavy atom. The van der Waals surface area contributed by atoms with Crippen molar-refractivity contribution in [1.82, 2.24) is 19.2 Å². The Kier molecular flexibility index (Phi) is 7.15. The van der Waals surface area contributed by atoms with E-state index in [0.29, 0.717) is 43.1 Å². The molecule has 0 spiro atoms. The fraction of sp³-hybridized carbons (Fsp3) is 0.261. The molecule has 0 radical (unpaired) electrons. The maximum atomic E-state index is 13.1. The molecule has 1 aliphatic heterocycles. The van der Waals surface area contributed by atoms with Crippen LogP contribution in [-0.4, -0.2) is 61.0 Å². The van der Waals surface area contributed by atoms with Crippen molar-refractivity contribution in [3.05, 3.63) is 82.7 Å². The molecule has 11 heteroatoms. The number of amides is 1. The molecule has 0 bridgehead atoms. The van der Waals surface area contributed by atoms with Gasteiger partial charge in [-0.05, 0) is 48.5 Å². The van der Waals surface area contributed by atoms with Crippen molar-refractivity contribution in [2.24, 2.45) is 0 Å². The normalized spacial score (nSPS) is 14.6. The molecule has 0 aliphatic carbocycles. The average molecular weight is 487 g/mol. The van der Waals surface area contributed by atoms with E-state index in [1.165, 1.54) is 57.7 Å². The summed E-state index contributed by atoms with van der Waals surface area (Å²) in [6, 6.07) is 12.7. The van der Waals surface area contributed by atoms with Crippen LogP contribution in [-0.2, 0) is 21.3 Å². The van der Waals surface area contributed by atoms with Crippen molar-refractivity contribution in [3.8, 4) is 11.3 Å².